The van der Waals surface area contributed by atoms with Gasteiger partial charge in [0.25, 0.3) is 0 Å². The Morgan fingerprint density at radius 1 is 1.26 bits per heavy atom. The first kappa shape index (κ1) is 13.1. The van der Waals surface area contributed by atoms with E-state index in [1.165, 1.54) is 25.7 Å². The van der Waals surface area contributed by atoms with Gasteiger partial charge < -0.3 is 5.11 Å². The number of likely N-dealkylation sites (tertiary alicyclic amines) is 1. The molecule has 1 saturated carbocycles. The van der Waals surface area contributed by atoms with Crippen LogP contribution < -0.4 is 0 Å². The minimum absolute atomic E-state index is 0.00243. The zero-order valence-corrected chi connectivity index (χ0v) is 11.8. The fraction of sp³-hybridized carbons (Fsp3) is 0.857. The molecule has 1 aliphatic heterocycles. The van der Waals surface area contributed by atoms with Crippen molar-refractivity contribution in [2.45, 2.75) is 56.6 Å². The molecule has 2 fully saturated rings. The first-order chi connectivity index (χ1) is 9.22. The summed E-state index contributed by atoms with van der Waals surface area (Å²) in [5.74, 6) is 0.887. The smallest absolute Gasteiger partial charge is 0.138 e. The topological polar surface area (TPSA) is 54.2 Å². The minimum atomic E-state index is -0.323. The molecule has 1 aliphatic carbocycles. The highest BCUT2D eigenvalue weighted by Crippen LogP contribution is 2.40. The van der Waals surface area contributed by atoms with Crippen molar-refractivity contribution in [3.63, 3.8) is 0 Å². The molecule has 0 radical (unpaired) electrons. The Labute approximate surface area is 114 Å². The highest BCUT2D eigenvalue weighted by molar-refractivity contribution is 5.04. The quantitative estimate of drug-likeness (QED) is 0.885. The first-order valence-corrected chi connectivity index (χ1v) is 7.48. The third-order valence-electron chi connectivity index (χ3n) is 5.01. The predicted molar refractivity (Wildman–Crippen MR) is 72.7 cm³/mol. The third kappa shape index (κ3) is 2.30. The Morgan fingerprint density at radius 2 is 1.95 bits per heavy atom. The molecule has 1 saturated heterocycles. The summed E-state index contributed by atoms with van der Waals surface area (Å²) in [6.45, 7) is 2.30. The van der Waals surface area contributed by atoms with Gasteiger partial charge in [-0.15, -0.1) is 0 Å². The van der Waals surface area contributed by atoms with Crippen molar-refractivity contribution in [1.82, 2.24) is 19.7 Å². The summed E-state index contributed by atoms with van der Waals surface area (Å²) < 4.78 is 1.77. The van der Waals surface area contributed by atoms with E-state index in [0.717, 1.165) is 31.8 Å². The van der Waals surface area contributed by atoms with Gasteiger partial charge in [0, 0.05) is 19.0 Å². The summed E-state index contributed by atoms with van der Waals surface area (Å²) in [5.41, 5.74) is 0.00243. The maximum Gasteiger partial charge on any atom is 0.138 e. The van der Waals surface area contributed by atoms with Gasteiger partial charge in [0.2, 0.25) is 0 Å². The van der Waals surface area contributed by atoms with Gasteiger partial charge in [0.1, 0.15) is 12.2 Å². The molecule has 106 valence electrons. The van der Waals surface area contributed by atoms with E-state index >= 15 is 0 Å². The Kier molecular flexibility index (Phi) is 3.58. The van der Waals surface area contributed by atoms with Crippen LogP contribution in [-0.4, -0.2) is 49.5 Å². The number of aliphatic hydroxyl groups excluding tert-OH is 1. The lowest BCUT2D eigenvalue weighted by Gasteiger charge is -2.42. The molecule has 0 spiro atoms. The number of nitrogens with zero attached hydrogens (tertiary/aromatic N) is 4. The molecule has 19 heavy (non-hydrogen) atoms. The van der Waals surface area contributed by atoms with E-state index in [-0.39, 0.29) is 11.6 Å². The fourth-order valence-corrected chi connectivity index (χ4v) is 3.88. The van der Waals surface area contributed by atoms with Crippen LogP contribution in [0.3, 0.4) is 0 Å². The van der Waals surface area contributed by atoms with Crippen molar-refractivity contribution in [2.75, 3.05) is 13.1 Å². The first-order valence-electron chi connectivity index (χ1n) is 7.48. The van der Waals surface area contributed by atoms with Crippen LogP contribution in [0, 0.1) is 0 Å². The van der Waals surface area contributed by atoms with Crippen LogP contribution in [0.4, 0.5) is 0 Å². The van der Waals surface area contributed by atoms with Gasteiger partial charge in [0.15, 0.2) is 0 Å². The van der Waals surface area contributed by atoms with Gasteiger partial charge in [-0.1, -0.05) is 12.8 Å². The Balaban J connectivity index is 1.78. The number of aromatic nitrogens is 3. The van der Waals surface area contributed by atoms with Crippen LogP contribution in [0.1, 0.15) is 44.3 Å². The highest BCUT2D eigenvalue weighted by Gasteiger charge is 2.46. The number of aliphatic hydroxyl groups is 1. The number of rotatable bonds is 4. The van der Waals surface area contributed by atoms with E-state index in [2.05, 4.69) is 15.0 Å². The van der Waals surface area contributed by atoms with Crippen molar-refractivity contribution in [1.29, 1.82) is 0 Å². The third-order valence-corrected chi connectivity index (χ3v) is 5.01. The van der Waals surface area contributed by atoms with Crippen LogP contribution >= 0.6 is 0 Å². The van der Waals surface area contributed by atoms with Crippen molar-refractivity contribution >= 4 is 0 Å². The maximum absolute atomic E-state index is 10.8. The highest BCUT2D eigenvalue weighted by atomic mass is 16.3. The average molecular weight is 264 g/mol. The van der Waals surface area contributed by atoms with E-state index in [4.69, 9.17) is 0 Å². The fourth-order valence-electron chi connectivity index (χ4n) is 3.88. The van der Waals surface area contributed by atoms with Gasteiger partial charge in [-0.05, 0) is 38.8 Å². The minimum Gasteiger partial charge on any atom is -0.391 e. The maximum atomic E-state index is 10.8. The number of hydrogen-bond donors (Lipinski definition) is 1. The summed E-state index contributed by atoms with van der Waals surface area (Å²) in [7, 11) is 1.90. The lowest BCUT2D eigenvalue weighted by molar-refractivity contribution is -0.0185. The molecule has 0 aromatic carbocycles. The van der Waals surface area contributed by atoms with Gasteiger partial charge in [-0.2, -0.15) is 5.10 Å². The molecule has 1 unspecified atom stereocenters. The summed E-state index contributed by atoms with van der Waals surface area (Å²) in [6.07, 6.45) is 9.16. The molecule has 2 aliphatic rings. The SMILES string of the molecule is Cn1ncnc1CC(O)C1(N2CCCC2)CCCC1. The second-order valence-corrected chi connectivity index (χ2v) is 6.02. The zero-order valence-electron chi connectivity index (χ0n) is 11.8. The van der Waals surface area contributed by atoms with Crippen LogP contribution in [0.25, 0.3) is 0 Å². The summed E-state index contributed by atoms with van der Waals surface area (Å²) in [4.78, 5) is 6.80. The van der Waals surface area contributed by atoms with Crippen LogP contribution in [0.15, 0.2) is 6.33 Å². The van der Waals surface area contributed by atoms with Gasteiger partial charge in [-0.25, -0.2) is 4.98 Å². The lowest BCUT2D eigenvalue weighted by atomic mass is 9.86. The van der Waals surface area contributed by atoms with E-state index in [1.807, 2.05) is 7.05 Å². The summed E-state index contributed by atoms with van der Waals surface area (Å²) >= 11 is 0. The molecule has 1 atom stereocenters. The van der Waals surface area contributed by atoms with Gasteiger partial charge >= 0.3 is 0 Å². The Hall–Kier alpha value is -0.940. The molecule has 1 aromatic heterocycles. The predicted octanol–water partition coefficient (Wildman–Crippen LogP) is 1.13. The van der Waals surface area contributed by atoms with Crippen molar-refractivity contribution in [2.24, 2.45) is 7.05 Å². The monoisotopic (exact) mass is 264 g/mol. The van der Waals surface area contributed by atoms with Gasteiger partial charge in [-0.3, -0.25) is 9.58 Å². The standard InChI is InChI=1S/C14H24N4O/c1-17-13(15-11-16-17)10-12(19)14(6-2-3-7-14)18-8-4-5-9-18/h11-12,19H,2-10H2,1H3. The van der Waals surface area contributed by atoms with Gasteiger partial charge in [0.05, 0.1) is 6.10 Å². The second kappa shape index (κ2) is 5.21. The molecule has 0 bridgehead atoms. The molecule has 5 heteroatoms. The molecule has 2 heterocycles. The molecule has 1 aromatic rings. The molecule has 5 nitrogen and oxygen atoms in total. The Bertz CT molecular complexity index is 419. The molecule has 1 N–H and O–H groups in total. The van der Waals surface area contributed by atoms with Crippen molar-refractivity contribution in [3.05, 3.63) is 12.2 Å². The Morgan fingerprint density at radius 3 is 2.53 bits per heavy atom. The van der Waals surface area contributed by atoms with Crippen LogP contribution in [-0.2, 0) is 13.5 Å². The average Bonchev–Trinajstić information content (AvgIpc) is 3.10. The van der Waals surface area contributed by atoms with E-state index in [9.17, 15) is 5.11 Å². The summed E-state index contributed by atoms with van der Waals surface area (Å²) in [5, 5.41) is 14.9. The number of aryl methyl sites for hydroxylation is 1. The van der Waals surface area contributed by atoms with E-state index in [0.29, 0.717) is 6.42 Å². The van der Waals surface area contributed by atoms with E-state index < -0.39 is 0 Å². The lowest BCUT2D eigenvalue weighted by Crippen LogP contribution is -2.54. The van der Waals surface area contributed by atoms with Crippen molar-refractivity contribution < 1.29 is 5.11 Å². The van der Waals surface area contributed by atoms with Crippen LogP contribution in [0.5, 0.6) is 0 Å². The summed E-state index contributed by atoms with van der Waals surface area (Å²) in [6, 6.07) is 0. The van der Waals surface area contributed by atoms with E-state index in [1.54, 1.807) is 11.0 Å². The normalized spacial score (nSPS) is 24.9. The molecule has 3 rings (SSSR count). The largest absolute Gasteiger partial charge is 0.391 e. The zero-order chi connectivity index (χ0) is 13.3. The van der Waals surface area contributed by atoms with Crippen LogP contribution in [0.2, 0.25) is 0 Å². The van der Waals surface area contributed by atoms with Crippen molar-refractivity contribution in [3.8, 4) is 0 Å². The molecule has 0 amide bonds. The molecular weight excluding hydrogens is 240 g/mol. The molecular formula is C14H24N4O. The number of hydrogen-bond acceptors (Lipinski definition) is 4. The second-order valence-electron chi connectivity index (χ2n) is 6.02.